The van der Waals surface area contributed by atoms with E-state index in [-0.39, 0.29) is 11.9 Å². The first-order chi connectivity index (χ1) is 11.0. The van der Waals surface area contributed by atoms with Crippen molar-refractivity contribution in [2.75, 3.05) is 37.8 Å². The van der Waals surface area contributed by atoms with Gasteiger partial charge in [0.25, 0.3) is 0 Å². The Morgan fingerprint density at radius 1 is 1.26 bits per heavy atom. The fourth-order valence-corrected chi connectivity index (χ4v) is 1.75. The number of amides is 1. The SMILES string of the molecule is CCc1nc(NCCNC(=O)[C@H](C)NC)cc(NC(=S)NC)n1. The van der Waals surface area contributed by atoms with Gasteiger partial charge in [-0.15, -0.1) is 0 Å². The number of carbonyl (C=O) groups is 1. The topological polar surface area (TPSA) is 103 Å². The Labute approximate surface area is 142 Å². The quantitative estimate of drug-likeness (QED) is 0.335. The van der Waals surface area contributed by atoms with Crippen LogP contribution in [-0.2, 0) is 11.2 Å². The number of hydrogen-bond donors (Lipinski definition) is 5. The third-order valence-corrected chi connectivity index (χ3v) is 3.42. The molecule has 0 saturated heterocycles. The molecule has 5 N–H and O–H groups in total. The lowest BCUT2D eigenvalue weighted by molar-refractivity contribution is -0.122. The molecule has 128 valence electrons. The van der Waals surface area contributed by atoms with Crippen LogP contribution in [-0.4, -0.2) is 54.2 Å². The van der Waals surface area contributed by atoms with E-state index in [2.05, 4.69) is 36.6 Å². The maximum absolute atomic E-state index is 11.6. The molecule has 1 aromatic heterocycles. The standard InChI is InChI=1S/C14H25N7OS/c1-5-10-19-11(8-12(20-10)21-14(23)16-4)17-6-7-18-13(22)9(2)15-3/h8-9,15H,5-7H2,1-4H3,(H,18,22)(H3,16,17,19,20,21,23)/t9-/m0/s1. The molecule has 9 heteroatoms. The van der Waals surface area contributed by atoms with Crippen LogP contribution in [0.1, 0.15) is 19.7 Å². The van der Waals surface area contributed by atoms with E-state index in [0.29, 0.717) is 42.1 Å². The number of aryl methyl sites for hydroxylation is 1. The number of aromatic nitrogens is 2. The smallest absolute Gasteiger partial charge is 0.236 e. The van der Waals surface area contributed by atoms with E-state index in [0.717, 1.165) is 0 Å². The normalized spacial score (nSPS) is 11.5. The van der Waals surface area contributed by atoms with Crippen molar-refractivity contribution in [3.8, 4) is 0 Å². The Morgan fingerprint density at radius 3 is 2.57 bits per heavy atom. The minimum absolute atomic E-state index is 0.0343. The first kappa shape index (κ1) is 19.0. The summed E-state index contributed by atoms with van der Waals surface area (Å²) in [7, 11) is 3.49. The van der Waals surface area contributed by atoms with Crippen molar-refractivity contribution in [1.82, 2.24) is 25.9 Å². The highest BCUT2D eigenvalue weighted by atomic mass is 32.1. The van der Waals surface area contributed by atoms with Crippen molar-refractivity contribution in [3.63, 3.8) is 0 Å². The van der Waals surface area contributed by atoms with Crippen LogP contribution >= 0.6 is 12.2 Å². The molecule has 0 aliphatic carbocycles. The summed E-state index contributed by atoms with van der Waals surface area (Å²) < 4.78 is 0. The lowest BCUT2D eigenvalue weighted by Gasteiger charge is -2.13. The van der Waals surface area contributed by atoms with E-state index in [1.165, 1.54) is 0 Å². The molecule has 1 heterocycles. The number of anilines is 2. The largest absolute Gasteiger partial charge is 0.368 e. The average Bonchev–Trinajstić information content (AvgIpc) is 2.57. The zero-order valence-corrected chi connectivity index (χ0v) is 14.8. The predicted octanol–water partition coefficient (Wildman–Crippen LogP) is 0.0912. The molecular weight excluding hydrogens is 314 g/mol. The summed E-state index contributed by atoms with van der Waals surface area (Å²) in [6.07, 6.45) is 0.715. The number of nitrogens with zero attached hydrogens (tertiary/aromatic N) is 2. The van der Waals surface area contributed by atoms with Crippen molar-refractivity contribution in [1.29, 1.82) is 0 Å². The van der Waals surface area contributed by atoms with Crippen LogP contribution in [0.4, 0.5) is 11.6 Å². The second-order valence-corrected chi connectivity index (χ2v) is 5.25. The lowest BCUT2D eigenvalue weighted by atomic mass is 10.3. The molecule has 1 atom stereocenters. The van der Waals surface area contributed by atoms with Crippen LogP contribution in [0, 0.1) is 0 Å². The Hall–Kier alpha value is -2.00. The highest BCUT2D eigenvalue weighted by Crippen LogP contribution is 2.11. The Morgan fingerprint density at radius 2 is 1.96 bits per heavy atom. The molecule has 0 unspecified atom stereocenters. The molecule has 8 nitrogen and oxygen atoms in total. The van der Waals surface area contributed by atoms with Crippen molar-refractivity contribution in [2.45, 2.75) is 26.3 Å². The second-order valence-electron chi connectivity index (χ2n) is 4.84. The summed E-state index contributed by atoms with van der Waals surface area (Å²) in [6, 6.07) is 1.57. The molecule has 0 aliphatic rings. The Bertz CT molecular complexity index is 538. The molecule has 0 aliphatic heterocycles. The van der Waals surface area contributed by atoms with Gasteiger partial charge in [-0.1, -0.05) is 6.92 Å². The number of rotatable bonds is 8. The van der Waals surface area contributed by atoms with E-state index in [1.54, 1.807) is 20.2 Å². The van der Waals surface area contributed by atoms with Gasteiger partial charge in [0.2, 0.25) is 5.91 Å². The van der Waals surface area contributed by atoms with Crippen LogP contribution in [0.3, 0.4) is 0 Å². The minimum Gasteiger partial charge on any atom is -0.368 e. The van der Waals surface area contributed by atoms with E-state index in [4.69, 9.17) is 12.2 Å². The summed E-state index contributed by atoms with van der Waals surface area (Å²) in [5, 5.41) is 15.2. The minimum atomic E-state index is -0.209. The molecular formula is C14H25N7OS. The first-order valence-corrected chi connectivity index (χ1v) is 7.96. The van der Waals surface area contributed by atoms with Crippen molar-refractivity contribution >= 4 is 34.9 Å². The molecule has 0 saturated carbocycles. The molecule has 1 amide bonds. The number of hydrogen-bond acceptors (Lipinski definition) is 6. The highest BCUT2D eigenvalue weighted by molar-refractivity contribution is 7.80. The molecule has 0 fully saturated rings. The van der Waals surface area contributed by atoms with Crippen LogP contribution in [0.2, 0.25) is 0 Å². The maximum atomic E-state index is 11.6. The summed E-state index contributed by atoms with van der Waals surface area (Å²) in [5.41, 5.74) is 0. The molecule has 1 aromatic rings. The van der Waals surface area contributed by atoms with Gasteiger partial charge in [0.05, 0.1) is 6.04 Å². The number of thiocarbonyl (C=S) groups is 1. The van der Waals surface area contributed by atoms with E-state index < -0.39 is 0 Å². The molecule has 0 bridgehead atoms. The van der Waals surface area contributed by atoms with Crippen molar-refractivity contribution in [3.05, 3.63) is 11.9 Å². The number of likely N-dealkylation sites (N-methyl/N-ethyl adjacent to an activating group) is 1. The van der Waals surface area contributed by atoms with E-state index >= 15 is 0 Å². The molecule has 0 radical (unpaired) electrons. The zero-order valence-electron chi connectivity index (χ0n) is 14.0. The third-order valence-electron chi connectivity index (χ3n) is 3.11. The lowest BCUT2D eigenvalue weighted by Crippen LogP contribution is -2.42. The van der Waals surface area contributed by atoms with Gasteiger partial charge in [-0.3, -0.25) is 4.79 Å². The third kappa shape index (κ3) is 6.74. The van der Waals surface area contributed by atoms with Crippen molar-refractivity contribution in [2.24, 2.45) is 0 Å². The van der Waals surface area contributed by atoms with E-state index in [9.17, 15) is 4.79 Å². The summed E-state index contributed by atoms with van der Waals surface area (Å²) >= 11 is 5.07. The molecule has 0 aromatic carbocycles. The summed E-state index contributed by atoms with van der Waals surface area (Å²) in [6.45, 7) is 4.87. The van der Waals surface area contributed by atoms with Gasteiger partial charge in [0.15, 0.2) is 5.11 Å². The molecule has 23 heavy (non-hydrogen) atoms. The van der Waals surface area contributed by atoms with Crippen LogP contribution in [0.5, 0.6) is 0 Å². The van der Waals surface area contributed by atoms with Gasteiger partial charge in [-0.05, 0) is 26.2 Å². The highest BCUT2D eigenvalue weighted by Gasteiger charge is 2.09. The fourth-order valence-electron chi connectivity index (χ4n) is 1.65. The predicted molar refractivity (Wildman–Crippen MR) is 96.7 cm³/mol. The van der Waals surface area contributed by atoms with Gasteiger partial charge in [0.1, 0.15) is 17.5 Å². The van der Waals surface area contributed by atoms with Gasteiger partial charge >= 0.3 is 0 Å². The van der Waals surface area contributed by atoms with Gasteiger partial charge in [0, 0.05) is 32.6 Å². The monoisotopic (exact) mass is 339 g/mol. The number of nitrogens with one attached hydrogen (secondary N) is 5. The molecule has 1 rings (SSSR count). The molecule has 0 spiro atoms. The average molecular weight is 339 g/mol. The van der Waals surface area contributed by atoms with Gasteiger partial charge < -0.3 is 26.6 Å². The maximum Gasteiger partial charge on any atom is 0.236 e. The van der Waals surface area contributed by atoms with Crippen LogP contribution in [0.25, 0.3) is 0 Å². The Balaban J connectivity index is 2.57. The Kier molecular flexibility index (Phi) is 8.20. The van der Waals surface area contributed by atoms with Gasteiger partial charge in [-0.25, -0.2) is 9.97 Å². The first-order valence-electron chi connectivity index (χ1n) is 7.55. The number of carbonyl (C=O) groups excluding carboxylic acids is 1. The summed E-state index contributed by atoms with van der Waals surface area (Å²) in [4.78, 5) is 20.4. The van der Waals surface area contributed by atoms with Crippen LogP contribution < -0.4 is 26.6 Å². The van der Waals surface area contributed by atoms with Gasteiger partial charge in [-0.2, -0.15) is 0 Å². The summed E-state index contributed by atoms with van der Waals surface area (Å²) in [5.74, 6) is 2.00. The van der Waals surface area contributed by atoms with E-state index in [1.807, 2.05) is 13.8 Å². The fraction of sp³-hybridized carbons (Fsp3) is 0.571. The van der Waals surface area contributed by atoms with Crippen LogP contribution in [0.15, 0.2) is 6.07 Å². The second kappa shape index (κ2) is 9.90. The zero-order chi connectivity index (χ0) is 17.2. The van der Waals surface area contributed by atoms with Crippen molar-refractivity contribution < 1.29 is 4.79 Å².